The fraction of sp³-hybridized carbons (Fsp3) is 0.385. The van der Waals surface area contributed by atoms with E-state index in [0.717, 1.165) is 35.2 Å². The van der Waals surface area contributed by atoms with E-state index in [9.17, 15) is 0 Å². The first-order valence-corrected chi connectivity index (χ1v) is 6.30. The third-order valence-electron chi connectivity index (χ3n) is 3.32. The van der Waals surface area contributed by atoms with Gasteiger partial charge in [-0.15, -0.1) is 10.2 Å². The van der Waals surface area contributed by atoms with E-state index < -0.39 is 0 Å². The monoisotopic (exact) mass is 247 g/mol. The molecule has 0 aliphatic carbocycles. The smallest absolute Gasteiger partial charge is 0.165 e. The second-order valence-electron chi connectivity index (χ2n) is 4.67. The van der Waals surface area contributed by atoms with E-state index >= 15 is 0 Å². The molecule has 88 valence electrons. The Morgan fingerprint density at radius 1 is 1.29 bits per heavy atom. The Kier molecular flexibility index (Phi) is 2.63. The van der Waals surface area contributed by atoms with Crippen LogP contribution in [-0.2, 0) is 13.0 Å². The van der Waals surface area contributed by atoms with Crippen LogP contribution in [0.5, 0.6) is 0 Å². The zero-order chi connectivity index (χ0) is 11.8. The van der Waals surface area contributed by atoms with Crippen molar-refractivity contribution in [1.29, 1.82) is 0 Å². The van der Waals surface area contributed by atoms with Crippen molar-refractivity contribution in [1.82, 2.24) is 14.8 Å². The fourth-order valence-corrected chi connectivity index (χ4v) is 2.55. The van der Waals surface area contributed by atoms with E-state index in [2.05, 4.69) is 21.7 Å². The molecule has 2 heterocycles. The van der Waals surface area contributed by atoms with Gasteiger partial charge in [0.2, 0.25) is 0 Å². The summed E-state index contributed by atoms with van der Waals surface area (Å²) >= 11 is 6.21. The average molecular weight is 248 g/mol. The molecule has 0 amide bonds. The first-order chi connectivity index (χ1) is 8.25. The van der Waals surface area contributed by atoms with Crippen LogP contribution in [0, 0.1) is 5.92 Å². The van der Waals surface area contributed by atoms with Crippen LogP contribution >= 0.6 is 11.6 Å². The molecular formula is C13H14ClN3. The summed E-state index contributed by atoms with van der Waals surface area (Å²) in [6.07, 6.45) is 2.19. The largest absolute Gasteiger partial charge is 0.311 e. The van der Waals surface area contributed by atoms with Gasteiger partial charge in [-0.05, 0) is 24.5 Å². The third-order valence-corrected chi connectivity index (χ3v) is 3.65. The molecule has 3 rings (SSSR count). The van der Waals surface area contributed by atoms with Crippen LogP contribution in [0.4, 0.5) is 0 Å². The number of nitrogens with zero attached hydrogens (tertiary/aromatic N) is 3. The van der Waals surface area contributed by atoms with Crippen LogP contribution in [-0.4, -0.2) is 14.8 Å². The molecule has 1 aliphatic rings. The predicted octanol–water partition coefficient (Wildman–Crippen LogP) is 3.18. The minimum atomic E-state index is 0.700. The lowest BCUT2D eigenvalue weighted by Crippen LogP contribution is -2.18. The van der Waals surface area contributed by atoms with Gasteiger partial charge in [-0.3, -0.25) is 0 Å². The fourth-order valence-electron chi connectivity index (χ4n) is 2.33. The van der Waals surface area contributed by atoms with Gasteiger partial charge in [-0.1, -0.05) is 30.7 Å². The molecule has 0 N–H and O–H groups in total. The molecule has 0 bridgehead atoms. The maximum Gasteiger partial charge on any atom is 0.165 e. The number of rotatable bonds is 1. The van der Waals surface area contributed by atoms with Crippen LogP contribution in [0.3, 0.4) is 0 Å². The molecule has 0 fully saturated rings. The Hall–Kier alpha value is -1.35. The van der Waals surface area contributed by atoms with Crippen LogP contribution in [0.1, 0.15) is 19.2 Å². The summed E-state index contributed by atoms with van der Waals surface area (Å²) < 4.78 is 2.20. The van der Waals surface area contributed by atoms with Gasteiger partial charge < -0.3 is 4.57 Å². The van der Waals surface area contributed by atoms with Crippen molar-refractivity contribution in [2.75, 3.05) is 0 Å². The maximum atomic E-state index is 6.21. The number of hydrogen-bond acceptors (Lipinski definition) is 2. The zero-order valence-electron chi connectivity index (χ0n) is 9.73. The van der Waals surface area contributed by atoms with Crippen molar-refractivity contribution in [3.63, 3.8) is 0 Å². The molecule has 1 atom stereocenters. The first kappa shape index (κ1) is 10.8. The molecule has 2 aromatic rings. The summed E-state index contributed by atoms with van der Waals surface area (Å²) in [5, 5.41) is 9.31. The molecule has 17 heavy (non-hydrogen) atoms. The second kappa shape index (κ2) is 4.15. The number of aromatic nitrogens is 3. The Balaban J connectivity index is 2.09. The Morgan fingerprint density at radius 3 is 2.94 bits per heavy atom. The van der Waals surface area contributed by atoms with Crippen LogP contribution in [0.2, 0.25) is 5.02 Å². The summed E-state index contributed by atoms with van der Waals surface area (Å²) in [5.41, 5.74) is 0.975. The van der Waals surface area contributed by atoms with Gasteiger partial charge >= 0.3 is 0 Å². The van der Waals surface area contributed by atoms with E-state index in [4.69, 9.17) is 11.6 Å². The van der Waals surface area contributed by atoms with Crippen LogP contribution in [0.15, 0.2) is 24.3 Å². The summed E-state index contributed by atoms with van der Waals surface area (Å²) in [6.45, 7) is 3.25. The van der Waals surface area contributed by atoms with Gasteiger partial charge in [0.25, 0.3) is 0 Å². The molecule has 0 spiro atoms. The number of fused-ring (bicyclic) bond motifs is 1. The highest BCUT2D eigenvalue weighted by Crippen LogP contribution is 2.29. The van der Waals surface area contributed by atoms with Gasteiger partial charge in [0, 0.05) is 18.5 Å². The predicted molar refractivity (Wildman–Crippen MR) is 68.0 cm³/mol. The second-order valence-corrected chi connectivity index (χ2v) is 5.08. The van der Waals surface area contributed by atoms with Crippen LogP contribution in [0.25, 0.3) is 11.4 Å². The number of hydrogen-bond donors (Lipinski definition) is 0. The average Bonchev–Trinajstić information content (AvgIpc) is 2.72. The molecular weight excluding hydrogens is 234 g/mol. The van der Waals surface area contributed by atoms with E-state index in [1.807, 2.05) is 24.3 Å². The van der Waals surface area contributed by atoms with Gasteiger partial charge in [0.15, 0.2) is 5.82 Å². The highest BCUT2D eigenvalue weighted by molar-refractivity contribution is 6.33. The molecule has 3 nitrogen and oxygen atoms in total. The minimum Gasteiger partial charge on any atom is -0.311 e. The summed E-state index contributed by atoms with van der Waals surface area (Å²) in [4.78, 5) is 0. The Bertz CT molecular complexity index is 547. The molecule has 1 aliphatic heterocycles. The standard InChI is InChI=1S/C13H14ClN3/c1-9-6-7-17-12(8-9)15-16-13(17)10-4-2-3-5-11(10)14/h2-5,9H,6-8H2,1H3. The summed E-state index contributed by atoms with van der Waals surface area (Å²) in [7, 11) is 0. The van der Waals surface area contributed by atoms with Gasteiger partial charge in [-0.2, -0.15) is 0 Å². The van der Waals surface area contributed by atoms with E-state index in [0.29, 0.717) is 5.92 Å². The minimum absolute atomic E-state index is 0.700. The number of halogens is 1. The molecule has 1 unspecified atom stereocenters. The van der Waals surface area contributed by atoms with Crippen molar-refractivity contribution in [3.8, 4) is 11.4 Å². The Morgan fingerprint density at radius 2 is 2.12 bits per heavy atom. The molecule has 0 saturated carbocycles. The highest BCUT2D eigenvalue weighted by Gasteiger charge is 2.21. The highest BCUT2D eigenvalue weighted by atomic mass is 35.5. The molecule has 0 saturated heterocycles. The third kappa shape index (κ3) is 1.84. The molecule has 1 aromatic carbocycles. The van der Waals surface area contributed by atoms with Crippen molar-refractivity contribution in [3.05, 3.63) is 35.1 Å². The lowest BCUT2D eigenvalue weighted by Gasteiger charge is -2.20. The lowest BCUT2D eigenvalue weighted by molar-refractivity contribution is 0.411. The van der Waals surface area contributed by atoms with Crippen molar-refractivity contribution >= 4 is 11.6 Å². The maximum absolute atomic E-state index is 6.21. The normalized spacial score (nSPS) is 19.1. The van der Waals surface area contributed by atoms with Crippen molar-refractivity contribution in [2.45, 2.75) is 26.3 Å². The van der Waals surface area contributed by atoms with Gasteiger partial charge in [0.1, 0.15) is 5.82 Å². The molecule has 4 heteroatoms. The SMILES string of the molecule is CC1CCn2c(nnc2-c2ccccc2Cl)C1. The van der Waals surface area contributed by atoms with Crippen molar-refractivity contribution in [2.24, 2.45) is 5.92 Å². The lowest BCUT2D eigenvalue weighted by atomic mass is 10.00. The topological polar surface area (TPSA) is 30.7 Å². The zero-order valence-corrected chi connectivity index (χ0v) is 10.5. The molecule has 0 radical (unpaired) electrons. The first-order valence-electron chi connectivity index (χ1n) is 5.92. The summed E-state index contributed by atoms with van der Waals surface area (Å²) in [6, 6.07) is 7.80. The number of benzene rings is 1. The van der Waals surface area contributed by atoms with E-state index in [1.165, 1.54) is 6.42 Å². The quantitative estimate of drug-likeness (QED) is 0.775. The summed E-state index contributed by atoms with van der Waals surface area (Å²) in [5.74, 6) is 2.68. The van der Waals surface area contributed by atoms with E-state index in [-0.39, 0.29) is 0 Å². The van der Waals surface area contributed by atoms with Crippen molar-refractivity contribution < 1.29 is 0 Å². The van der Waals surface area contributed by atoms with Gasteiger partial charge in [0.05, 0.1) is 5.02 Å². The Labute approximate surface area is 105 Å². The molecule has 1 aromatic heterocycles. The van der Waals surface area contributed by atoms with Gasteiger partial charge in [-0.25, -0.2) is 0 Å². The van der Waals surface area contributed by atoms with Crippen LogP contribution < -0.4 is 0 Å². The van der Waals surface area contributed by atoms with E-state index in [1.54, 1.807) is 0 Å².